The number of halogens is 1. The quantitative estimate of drug-likeness (QED) is 0.877. The van der Waals surface area contributed by atoms with Gasteiger partial charge < -0.3 is 5.73 Å². The zero-order chi connectivity index (χ0) is 12.1. The van der Waals surface area contributed by atoms with Crippen molar-refractivity contribution in [2.24, 2.45) is 5.73 Å². The molecule has 2 heteroatoms. The van der Waals surface area contributed by atoms with Crippen LogP contribution in [0.2, 0.25) is 5.02 Å². The molecule has 0 radical (unpaired) electrons. The molecule has 2 N–H and O–H groups in total. The summed E-state index contributed by atoms with van der Waals surface area (Å²) in [5, 5.41) is 0.773. The van der Waals surface area contributed by atoms with Gasteiger partial charge in [-0.05, 0) is 36.1 Å². The molecular weight excluding hydrogens is 230 g/mol. The first-order valence-electron chi connectivity index (χ1n) is 5.78. The molecule has 1 nitrogen and oxygen atoms in total. The lowest BCUT2D eigenvalue weighted by Gasteiger charge is -2.11. The Morgan fingerprint density at radius 3 is 2.24 bits per heavy atom. The molecule has 0 saturated heterocycles. The normalized spacial score (nSPS) is 12.4. The van der Waals surface area contributed by atoms with Gasteiger partial charge in [0.1, 0.15) is 0 Å². The third-order valence-corrected chi connectivity index (χ3v) is 2.96. The first kappa shape index (κ1) is 12.2. The molecule has 0 amide bonds. The third kappa shape index (κ3) is 3.88. The van der Waals surface area contributed by atoms with E-state index >= 15 is 0 Å². The molecule has 2 aromatic carbocycles. The SMILES string of the molecule is NC(Cc1ccccc1)Cc1cccc(Cl)c1. The van der Waals surface area contributed by atoms with E-state index in [0.717, 1.165) is 17.9 Å². The Balaban J connectivity index is 1.96. The Morgan fingerprint density at radius 1 is 0.882 bits per heavy atom. The van der Waals surface area contributed by atoms with Crippen LogP contribution in [0.4, 0.5) is 0 Å². The summed E-state index contributed by atoms with van der Waals surface area (Å²) in [5.74, 6) is 0. The summed E-state index contributed by atoms with van der Waals surface area (Å²) in [6.45, 7) is 0. The van der Waals surface area contributed by atoms with E-state index in [4.69, 9.17) is 17.3 Å². The standard InChI is InChI=1S/C15H16ClN/c16-14-8-4-7-13(9-14)11-15(17)10-12-5-2-1-3-6-12/h1-9,15H,10-11,17H2. The first-order chi connectivity index (χ1) is 8.24. The predicted octanol–water partition coefficient (Wildman–Crippen LogP) is 3.45. The van der Waals surface area contributed by atoms with Crippen LogP contribution in [0, 0.1) is 0 Å². The molecule has 0 saturated carbocycles. The highest BCUT2D eigenvalue weighted by molar-refractivity contribution is 6.30. The maximum Gasteiger partial charge on any atom is 0.0408 e. The van der Waals surface area contributed by atoms with Crippen molar-refractivity contribution in [2.75, 3.05) is 0 Å². The van der Waals surface area contributed by atoms with Crippen LogP contribution in [0.25, 0.3) is 0 Å². The lowest BCUT2D eigenvalue weighted by Crippen LogP contribution is -2.25. The lowest BCUT2D eigenvalue weighted by atomic mass is 10.00. The van der Waals surface area contributed by atoms with Gasteiger partial charge in [-0.1, -0.05) is 54.1 Å². The molecule has 2 rings (SSSR count). The average molecular weight is 246 g/mol. The minimum atomic E-state index is 0.135. The molecule has 0 aliphatic rings. The van der Waals surface area contributed by atoms with Gasteiger partial charge in [0.25, 0.3) is 0 Å². The second-order valence-electron chi connectivity index (χ2n) is 4.28. The lowest BCUT2D eigenvalue weighted by molar-refractivity contribution is 0.665. The van der Waals surface area contributed by atoms with Crippen molar-refractivity contribution in [3.8, 4) is 0 Å². The van der Waals surface area contributed by atoms with Crippen LogP contribution in [0.5, 0.6) is 0 Å². The molecule has 1 unspecified atom stereocenters. The second kappa shape index (κ2) is 5.85. The van der Waals surface area contributed by atoms with E-state index in [0.29, 0.717) is 0 Å². The van der Waals surface area contributed by atoms with Gasteiger partial charge in [0.15, 0.2) is 0 Å². The van der Waals surface area contributed by atoms with Crippen LogP contribution in [0.15, 0.2) is 54.6 Å². The molecular formula is C15H16ClN. The summed E-state index contributed by atoms with van der Waals surface area (Å²) < 4.78 is 0. The summed E-state index contributed by atoms with van der Waals surface area (Å²) >= 11 is 5.95. The third-order valence-electron chi connectivity index (χ3n) is 2.73. The van der Waals surface area contributed by atoms with Crippen molar-refractivity contribution in [3.63, 3.8) is 0 Å². The van der Waals surface area contributed by atoms with E-state index in [1.807, 2.05) is 36.4 Å². The molecule has 0 heterocycles. The van der Waals surface area contributed by atoms with Crippen LogP contribution < -0.4 is 5.73 Å². The Labute approximate surface area is 107 Å². The van der Waals surface area contributed by atoms with Crippen LogP contribution in [-0.4, -0.2) is 6.04 Å². The van der Waals surface area contributed by atoms with Gasteiger partial charge in [-0.15, -0.1) is 0 Å². The fourth-order valence-electron chi connectivity index (χ4n) is 1.96. The predicted molar refractivity (Wildman–Crippen MR) is 73.3 cm³/mol. The number of nitrogens with two attached hydrogens (primary N) is 1. The molecule has 88 valence electrons. The maximum atomic E-state index is 6.14. The van der Waals surface area contributed by atoms with Gasteiger partial charge in [0.05, 0.1) is 0 Å². The summed E-state index contributed by atoms with van der Waals surface area (Å²) in [7, 11) is 0. The van der Waals surface area contributed by atoms with Gasteiger partial charge in [-0.3, -0.25) is 0 Å². The van der Waals surface area contributed by atoms with Crippen molar-refractivity contribution < 1.29 is 0 Å². The smallest absolute Gasteiger partial charge is 0.0408 e. The second-order valence-corrected chi connectivity index (χ2v) is 4.72. The van der Waals surface area contributed by atoms with Gasteiger partial charge >= 0.3 is 0 Å². The zero-order valence-corrected chi connectivity index (χ0v) is 10.4. The summed E-state index contributed by atoms with van der Waals surface area (Å²) in [5.41, 5.74) is 8.62. The molecule has 0 bridgehead atoms. The monoisotopic (exact) mass is 245 g/mol. The number of benzene rings is 2. The fraction of sp³-hybridized carbons (Fsp3) is 0.200. The molecule has 1 atom stereocenters. The van der Waals surface area contributed by atoms with Crippen LogP contribution in [0.3, 0.4) is 0 Å². The number of rotatable bonds is 4. The Kier molecular flexibility index (Phi) is 4.18. The number of hydrogen-bond acceptors (Lipinski definition) is 1. The van der Waals surface area contributed by atoms with Crippen molar-refractivity contribution >= 4 is 11.6 Å². The van der Waals surface area contributed by atoms with Crippen LogP contribution in [0.1, 0.15) is 11.1 Å². The van der Waals surface area contributed by atoms with Crippen LogP contribution >= 0.6 is 11.6 Å². The number of hydrogen-bond donors (Lipinski definition) is 1. The molecule has 0 aliphatic carbocycles. The average Bonchev–Trinajstić information content (AvgIpc) is 2.30. The molecule has 2 aromatic rings. The summed E-state index contributed by atoms with van der Waals surface area (Å²) in [6, 6.07) is 18.4. The highest BCUT2D eigenvalue weighted by Crippen LogP contribution is 2.13. The fourth-order valence-corrected chi connectivity index (χ4v) is 2.17. The first-order valence-corrected chi connectivity index (χ1v) is 6.16. The molecule has 0 spiro atoms. The molecule has 17 heavy (non-hydrogen) atoms. The molecule has 0 aliphatic heterocycles. The van der Waals surface area contributed by atoms with Crippen molar-refractivity contribution in [1.82, 2.24) is 0 Å². The summed E-state index contributed by atoms with van der Waals surface area (Å²) in [4.78, 5) is 0. The Hall–Kier alpha value is -1.31. The highest BCUT2D eigenvalue weighted by atomic mass is 35.5. The van der Waals surface area contributed by atoms with Gasteiger partial charge in [-0.25, -0.2) is 0 Å². The van der Waals surface area contributed by atoms with Crippen molar-refractivity contribution in [1.29, 1.82) is 0 Å². The zero-order valence-electron chi connectivity index (χ0n) is 9.64. The molecule has 0 fully saturated rings. The van der Waals surface area contributed by atoms with E-state index in [1.54, 1.807) is 0 Å². The van der Waals surface area contributed by atoms with Gasteiger partial charge in [0, 0.05) is 11.1 Å². The van der Waals surface area contributed by atoms with Gasteiger partial charge in [-0.2, -0.15) is 0 Å². The minimum absolute atomic E-state index is 0.135. The maximum absolute atomic E-state index is 6.14. The highest BCUT2D eigenvalue weighted by Gasteiger charge is 2.05. The van der Waals surface area contributed by atoms with Crippen molar-refractivity contribution in [3.05, 3.63) is 70.7 Å². The minimum Gasteiger partial charge on any atom is -0.327 e. The van der Waals surface area contributed by atoms with E-state index in [1.165, 1.54) is 11.1 Å². The van der Waals surface area contributed by atoms with Crippen LogP contribution in [-0.2, 0) is 12.8 Å². The Morgan fingerprint density at radius 2 is 1.53 bits per heavy atom. The van der Waals surface area contributed by atoms with Crippen molar-refractivity contribution in [2.45, 2.75) is 18.9 Å². The van der Waals surface area contributed by atoms with E-state index in [9.17, 15) is 0 Å². The van der Waals surface area contributed by atoms with E-state index in [-0.39, 0.29) is 6.04 Å². The van der Waals surface area contributed by atoms with E-state index < -0.39 is 0 Å². The largest absolute Gasteiger partial charge is 0.327 e. The summed E-state index contributed by atoms with van der Waals surface area (Å²) in [6.07, 6.45) is 1.75. The Bertz CT molecular complexity index is 467. The van der Waals surface area contributed by atoms with E-state index in [2.05, 4.69) is 18.2 Å². The van der Waals surface area contributed by atoms with Gasteiger partial charge in [0.2, 0.25) is 0 Å². The molecule has 0 aromatic heterocycles. The topological polar surface area (TPSA) is 26.0 Å².